The van der Waals surface area contributed by atoms with Gasteiger partial charge in [-0.25, -0.2) is 4.98 Å². The van der Waals surface area contributed by atoms with Crippen LogP contribution in [0, 0.1) is 20.2 Å². The fraction of sp³-hybridized carbons (Fsp3) is 0. The number of aromatic nitrogens is 1. The first-order valence-corrected chi connectivity index (χ1v) is 5.57. The van der Waals surface area contributed by atoms with Gasteiger partial charge in [-0.3, -0.25) is 20.2 Å². The third kappa shape index (κ3) is 2.98. The Morgan fingerprint density at radius 2 is 1.75 bits per heavy atom. The van der Waals surface area contributed by atoms with Crippen molar-refractivity contribution in [3.63, 3.8) is 0 Å². The van der Waals surface area contributed by atoms with Gasteiger partial charge in [0.15, 0.2) is 0 Å². The van der Waals surface area contributed by atoms with Crippen LogP contribution in [-0.2, 0) is 0 Å². The summed E-state index contributed by atoms with van der Waals surface area (Å²) in [6, 6.07) is 6.85. The zero-order valence-corrected chi connectivity index (χ0v) is 10.5. The van der Waals surface area contributed by atoms with Crippen molar-refractivity contribution in [3.8, 4) is 11.6 Å². The summed E-state index contributed by atoms with van der Waals surface area (Å²) in [4.78, 5) is 23.5. The van der Waals surface area contributed by atoms with Gasteiger partial charge in [-0.05, 0) is 24.3 Å². The molecule has 0 atom stereocenters. The second kappa shape index (κ2) is 5.49. The molecule has 0 N–H and O–H groups in total. The Kier molecular flexibility index (Phi) is 3.76. The third-order valence-electron chi connectivity index (χ3n) is 2.25. The van der Waals surface area contributed by atoms with E-state index in [2.05, 4.69) is 4.98 Å². The molecule has 0 aliphatic heterocycles. The Labute approximate surface area is 116 Å². The highest BCUT2D eigenvalue weighted by atomic mass is 35.5. The Balaban J connectivity index is 2.38. The van der Waals surface area contributed by atoms with Gasteiger partial charge in [0.25, 0.3) is 11.6 Å². The number of hydrogen-bond acceptors (Lipinski definition) is 6. The van der Waals surface area contributed by atoms with Crippen LogP contribution in [0.1, 0.15) is 0 Å². The summed E-state index contributed by atoms with van der Waals surface area (Å²) >= 11 is 5.70. The molecule has 0 bridgehead atoms. The summed E-state index contributed by atoms with van der Waals surface area (Å²) < 4.78 is 5.23. The number of pyridine rings is 1. The first kappa shape index (κ1) is 13.7. The van der Waals surface area contributed by atoms with Gasteiger partial charge in [0.1, 0.15) is 18.0 Å². The molecule has 2 rings (SSSR count). The molecule has 9 heteroatoms. The first-order chi connectivity index (χ1) is 9.47. The second-order valence-corrected chi connectivity index (χ2v) is 4.02. The highest BCUT2D eigenvalue weighted by molar-refractivity contribution is 6.30. The van der Waals surface area contributed by atoms with Crippen LogP contribution >= 0.6 is 11.6 Å². The average Bonchev–Trinajstić information content (AvgIpc) is 2.41. The number of nitrogens with zero attached hydrogens (tertiary/aromatic N) is 3. The minimum Gasteiger partial charge on any atom is -0.434 e. The number of nitro groups is 2. The monoisotopic (exact) mass is 295 g/mol. The summed E-state index contributed by atoms with van der Waals surface area (Å²) in [5.74, 6) is -0.0539. The molecule has 0 fully saturated rings. The lowest BCUT2D eigenvalue weighted by Gasteiger charge is -2.04. The first-order valence-electron chi connectivity index (χ1n) is 5.19. The summed E-state index contributed by atoms with van der Waals surface area (Å²) in [7, 11) is 0. The normalized spacial score (nSPS) is 10.1. The zero-order valence-electron chi connectivity index (χ0n) is 9.72. The van der Waals surface area contributed by atoms with Crippen molar-refractivity contribution in [1.29, 1.82) is 0 Å². The van der Waals surface area contributed by atoms with E-state index >= 15 is 0 Å². The van der Waals surface area contributed by atoms with Gasteiger partial charge >= 0.3 is 5.69 Å². The van der Waals surface area contributed by atoms with Gasteiger partial charge in [0.05, 0.1) is 9.85 Å². The van der Waals surface area contributed by atoms with Crippen molar-refractivity contribution in [3.05, 3.63) is 61.8 Å². The van der Waals surface area contributed by atoms with Crippen LogP contribution in [0.5, 0.6) is 11.6 Å². The van der Waals surface area contributed by atoms with Crippen molar-refractivity contribution < 1.29 is 14.6 Å². The molecule has 8 nitrogen and oxygen atoms in total. The Morgan fingerprint density at radius 3 is 2.30 bits per heavy atom. The van der Waals surface area contributed by atoms with E-state index in [-0.39, 0.29) is 11.6 Å². The molecule has 0 saturated heterocycles. The quantitative estimate of drug-likeness (QED) is 0.632. The van der Waals surface area contributed by atoms with Crippen LogP contribution in [-0.4, -0.2) is 14.8 Å². The fourth-order valence-electron chi connectivity index (χ4n) is 1.35. The predicted octanol–water partition coefficient (Wildman–Crippen LogP) is 3.34. The van der Waals surface area contributed by atoms with E-state index in [1.54, 1.807) is 0 Å². The molecular weight excluding hydrogens is 290 g/mol. The topological polar surface area (TPSA) is 108 Å². The van der Waals surface area contributed by atoms with Crippen molar-refractivity contribution in [1.82, 2.24) is 4.98 Å². The maximum absolute atomic E-state index is 10.9. The Hall–Kier alpha value is -2.74. The van der Waals surface area contributed by atoms with Crippen molar-refractivity contribution in [2.45, 2.75) is 0 Å². The molecular formula is C11H6ClN3O5. The molecule has 0 spiro atoms. The second-order valence-electron chi connectivity index (χ2n) is 3.59. The van der Waals surface area contributed by atoms with Crippen LogP contribution in [0.25, 0.3) is 0 Å². The van der Waals surface area contributed by atoms with Crippen molar-refractivity contribution in [2.75, 3.05) is 0 Å². The molecule has 1 aromatic heterocycles. The fourth-order valence-corrected chi connectivity index (χ4v) is 1.48. The van der Waals surface area contributed by atoms with E-state index in [0.717, 1.165) is 12.3 Å². The maximum atomic E-state index is 10.9. The lowest BCUT2D eigenvalue weighted by Crippen LogP contribution is -1.98. The molecule has 1 aromatic carbocycles. The summed E-state index contributed by atoms with van der Waals surface area (Å²) in [5, 5.41) is 21.9. The van der Waals surface area contributed by atoms with E-state index in [1.807, 2.05) is 0 Å². The summed E-state index contributed by atoms with van der Waals surface area (Å²) in [6.07, 6.45) is 0.887. The van der Waals surface area contributed by atoms with E-state index in [0.29, 0.717) is 5.02 Å². The summed E-state index contributed by atoms with van der Waals surface area (Å²) in [6.45, 7) is 0. The van der Waals surface area contributed by atoms with E-state index in [9.17, 15) is 20.2 Å². The van der Waals surface area contributed by atoms with Crippen LogP contribution in [0.2, 0.25) is 5.02 Å². The highest BCUT2D eigenvalue weighted by Crippen LogP contribution is 2.32. The van der Waals surface area contributed by atoms with Gasteiger partial charge in [-0.2, -0.15) is 0 Å². The molecule has 0 radical (unpaired) electrons. The standard InChI is InChI=1S/C11H6ClN3O5/c12-7-1-3-9(4-2-7)20-11-10(15(18)19)5-8(6-13-11)14(16)17/h1-6H. The number of hydrogen-bond donors (Lipinski definition) is 0. The van der Waals surface area contributed by atoms with Gasteiger partial charge < -0.3 is 4.74 Å². The molecule has 102 valence electrons. The maximum Gasteiger partial charge on any atom is 0.338 e. The average molecular weight is 296 g/mol. The largest absolute Gasteiger partial charge is 0.434 e. The zero-order chi connectivity index (χ0) is 14.7. The molecule has 20 heavy (non-hydrogen) atoms. The molecule has 1 heterocycles. The lowest BCUT2D eigenvalue weighted by atomic mass is 10.3. The van der Waals surface area contributed by atoms with Crippen LogP contribution in [0.15, 0.2) is 36.5 Å². The van der Waals surface area contributed by atoms with Crippen LogP contribution < -0.4 is 4.74 Å². The number of ether oxygens (including phenoxy) is 1. The minimum atomic E-state index is -0.800. The van der Waals surface area contributed by atoms with Crippen LogP contribution in [0.3, 0.4) is 0 Å². The Bertz CT molecular complexity index is 674. The van der Waals surface area contributed by atoms with Gasteiger partial charge in [0, 0.05) is 5.02 Å². The van der Waals surface area contributed by atoms with Gasteiger partial charge in [0.2, 0.25) is 0 Å². The molecule has 0 aliphatic carbocycles. The Morgan fingerprint density at radius 1 is 1.10 bits per heavy atom. The molecule has 2 aromatic rings. The number of rotatable bonds is 4. The van der Waals surface area contributed by atoms with E-state index in [4.69, 9.17) is 16.3 Å². The third-order valence-corrected chi connectivity index (χ3v) is 2.51. The number of benzene rings is 1. The molecule has 0 aliphatic rings. The van der Waals surface area contributed by atoms with Crippen molar-refractivity contribution >= 4 is 23.0 Å². The van der Waals surface area contributed by atoms with Gasteiger partial charge in [-0.15, -0.1) is 0 Å². The minimum absolute atomic E-state index is 0.277. The van der Waals surface area contributed by atoms with E-state index in [1.165, 1.54) is 24.3 Å². The van der Waals surface area contributed by atoms with Crippen molar-refractivity contribution in [2.24, 2.45) is 0 Å². The lowest BCUT2D eigenvalue weighted by molar-refractivity contribution is -0.395. The smallest absolute Gasteiger partial charge is 0.338 e. The predicted molar refractivity (Wildman–Crippen MR) is 69.1 cm³/mol. The molecule has 0 saturated carbocycles. The highest BCUT2D eigenvalue weighted by Gasteiger charge is 2.22. The molecule has 0 unspecified atom stereocenters. The van der Waals surface area contributed by atoms with Gasteiger partial charge in [-0.1, -0.05) is 11.6 Å². The molecule has 0 amide bonds. The summed E-state index contributed by atoms with van der Waals surface area (Å²) in [5.41, 5.74) is -1.07. The van der Waals surface area contributed by atoms with E-state index < -0.39 is 21.2 Å². The number of halogens is 1. The van der Waals surface area contributed by atoms with Crippen LogP contribution in [0.4, 0.5) is 11.4 Å². The SMILES string of the molecule is O=[N+]([O-])c1cnc(Oc2ccc(Cl)cc2)c([N+](=O)[O-])c1.